The maximum atomic E-state index is 13.3. The Bertz CT molecular complexity index is 1910. The largest absolute Gasteiger partial charge is 0.344 e. The Hall–Kier alpha value is -4.77. The van der Waals surface area contributed by atoms with E-state index < -0.39 is 0 Å². The number of carbonyl (C=O) groups is 1. The van der Waals surface area contributed by atoms with Crippen molar-refractivity contribution in [3.8, 4) is 22.3 Å². The summed E-state index contributed by atoms with van der Waals surface area (Å²) < 4.78 is 30.9. The summed E-state index contributed by atoms with van der Waals surface area (Å²) in [6, 6.07) is 30.3. The molecule has 0 radical (unpaired) electrons. The lowest BCUT2D eigenvalue weighted by atomic mass is 10.0. The third-order valence-electron chi connectivity index (χ3n) is 7.53. The first kappa shape index (κ1) is 29.7. The number of fused-ring (bicyclic) bond motifs is 2. The van der Waals surface area contributed by atoms with E-state index in [1.54, 1.807) is 18.2 Å². The molecular weight excluding hydrogens is 538 g/mol. The zero-order valence-electron chi connectivity index (χ0n) is 25.2. The van der Waals surface area contributed by atoms with Crippen LogP contribution in [-0.4, -0.2) is 14.9 Å². The fraction of sp³-hybridized carbons (Fsp3) is 0.184. The number of carbonyl (C=O) groups excluding carboxylic acids is 1. The number of benzene rings is 4. The fourth-order valence-electron chi connectivity index (χ4n) is 5.61. The molecule has 3 nitrogen and oxygen atoms in total. The highest BCUT2D eigenvalue weighted by Gasteiger charge is 2.18. The molecule has 2 aromatic heterocycles. The zero-order valence-corrected chi connectivity index (χ0v) is 25.2. The van der Waals surface area contributed by atoms with E-state index in [-0.39, 0.29) is 23.5 Å². The first-order valence-electron chi connectivity index (χ1n) is 14.6. The maximum absolute atomic E-state index is 13.3. The molecule has 0 aliphatic rings. The summed E-state index contributed by atoms with van der Waals surface area (Å²) in [7, 11) is 0. The Morgan fingerprint density at radius 3 is 1.77 bits per heavy atom. The molecule has 0 unspecified atom stereocenters. The first-order chi connectivity index (χ1) is 20.7. The summed E-state index contributed by atoms with van der Waals surface area (Å²) in [5, 5.41) is 2.31. The molecule has 0 N–H and O–H groups in total. The van der Waals surface area contributed by atoms with Gasteiger partial charge in [-0.15, -0.1) is 0 Å². The molecule has 0 fully saturated rings. The van der Waals surface area contributed by atoms with Gasteiger partial charge in [0, 0.05) is 51.2 Å². The molecule has 0 atom stereocenters. The van der Waals surface area contributed by atoms with Gasteiger partial charge in [-0.05, 0) is 94.3 Å². The second-order valence-electron chi connectivity index (χ2n) is 11.3. The van der Waals surface area contributed by atoms with Gasteiger partial charge < -0.3 is 9.13 Å². The Kier molecular flexibility index (Phi) is 8.72. The van der Waals surface area contributed by atoms with E-state index in [4.69, 9.17) is 0 Å². The quantitative estimate of drug-likeness (QED) is 0.182. The van der Waals surface area contributed by atoms with Crippen molar-refractivity contribution >= 4 is 33.7 Å². The van der Waals surface area contributed by atoms with Crippen LogP contribution in [0.2, 0.25) is 0 Å². The highest BCUT2D eigenvalue weighted by atomic mass is 19.1. The van der Waals surface area contributed by atoms with Crippen molar-refractivity contribution in [3.05, 3.63) is 127 Å². The number of nitrogens with zero attached hydrogens (tertiary/aromatic N) is 2. The molecule has 4 aromatic carbocycles. The van der Waals surface area contributed by atoms with Crippen molar-refractivity contribution in [1.29, 1.82) is 0 Å². The lowest BCUT2D eigenvalue weighted by Crippen LogP contribution is -2.03. The van der Waals surface area contributed by atoms with Crippen LogP contribution in [0.1, 0.15) is 52.4 Å². The van der Waals surface area contributed by atoms with E-state index in [1.165, 1.54) is 42.1 Å². The average molecular weight is 575 g/mol. The summed E-state index contributed by atoms with van der Waals surface area (Å²) in [4.78, 5) is 11.5. The smallest absolute Gasteiger partial charge is 0.152 e. The predicted octanol–water partition coefficient (Wildman–Crippen LogP) is 10.7. The van der Waals surface area contributed by atoms with Gasteiger partial charge in [-0.2, -0.15) is 0 Å². The van der Waals surface area contributed by atoms with Gasteiger partial charge in [-0.25, -0.2) is 8.78 Å². The summed E-state index contributed by atoms with van der Waals surface area (Å²) >= 11 is 0. The van der Waals surface area contributed by atoms with Crippen molar-refractivity contribution in [2.24, 2.45) is 0 Å². The molecule has 0 aliphatic carbocycles. The van der Waals surface area contributed by atoms with Crippen LogP contribution in [0.25, 0.3) is 50.1 Å². The van der Waals surface area contributed by atoms with Gasteiger partial charge in [0.2, 0.25) is 0 Å². The van der Waals surface area contributed by atoms with Crippen LogP contribution in [0.5, 0.6) is 0 Å². The third kappa shape index (κ3) is 6.21. The van der Waals surface area contributed by atoms with Crippen molar-refractivity contribution in [2.75, 3.05) is 0 Å². The molecule has 0 saturated heterocycles. The van der Waals surface area contributed by atoms with Gasteiger partial charge >= 0.3 is 0 Å². The minimum absolute atomic E-state index is 0.000573. The van der Waals surface area contributed by atoms with Crippen LogP contribution in [0, 0.1) is 11.6 Å². The Morgan fingerprint density at radius 2 is 1.21 bits per heavy atom. The van der Waals surface area contributed by atoms with E-state index in [9.17, 15) is 13.6 Å². The van der Waals surface area contributed by atoms with E-state index in [2.05, 4.69) is 73.4 Å². The molecule has 0 spiro atoms. The molecule has 43 heavy (non-hydrogen) atoms. The van der Waals surface area contributed by atoms with Crippen LogP contribution < -0.4 is 0 Å². The minimum atomic E-state index is -0.257. The van der Waals surface area contributed by atoms with E-state index in [0.29, 0.717) is 6.04 Å². The molecule has 0 bridgehead atoms. The van der Waals surface area contributed by atoms with Gasteiger partial charge in [-0.3, -0.25) is 4.79 Å². The SMILES string of the molecule is CC(=O)C=Cc1c(-c2ccc(F)cc2)c2ccccc2n1C(C)C.CC(C)n1cc(-c2ccc(F)cc2)c2ccccc21. The van der Waals surface area contributed by atoms with Crippen LogP contribution in [0.15, 0.2) is 109 Å². The monoisotopic (exact) mass is 574 g/mol. The Labute approximate surface area is 251 Å². The second kappa shape index (κ2) is 12.6. The lowest BCUT2D eigenvalue weighted by molar-refractivity contribution is -0.112. The minimum Gasteiger partial charge on any atom is -0.344 e. The molecule has 218 valence electrons. The molecular formula is C38H36F2N2O. The normalized spacial score (nSPS) is 11.6. The Balaban J connectivity index is 0.000000176. The number of halogens is 2. The number of hydrogen-bond donors (Lipinski definition) is 0. The summed E-state index contributed by atoms with van der Waals surface area (Å²) in [6.45, 7) is 10.1. The summed E-state index contributed by atoms with van der Waals surface area (Å²) in [5.74, 6) is -0.454. The third-order valence-corrected chi connectivity index (χ3v) is 7.53. The Morgan fingerprint density at radius 1 is 0.674 bits per heavy atom. The van der Waals surface area contributed by atoms with E-state index in [1.807, 2.05) is 36.4 Å². The standard InChI is InChI=1S/C21H20FNO.C17H16FN/c1-14(2)23-19-7-5-4-6-18(19)21(20(23)13-8-15(3)24)16-9-11-17(22)12-10-16;1-12(2)19-11-16(13-7-9-14(18)10-8-13)15-5-3-4-6-17(15)19/h4-14H,1-3H3;3-12H,1-2H3. The van der Waals surface area contributed by atoms with Crippen LogP contribution >= 0.6 is 0 Å². The fourth-order valence-corrected chi connectivity index (χ4v) is 5.61. The zero-order chi connectivity index (χ0) is 30.7. The van der Waals surface area contributed by atoms with Crippen molar-refractivity contribution in [2.45, 2.75) is 46.7 Å². The van der Waals surface area contributed by atoms with E-state index >= 15 is 0 Å². The summed E-state index contributed by atoms with van der Waals surface area (Å²) in [6.07, 6.45) is 5.60. The van der Waals surface area contributed by atoms with Gasteiger partial charge in [0.25, 0.3) is 0 Å². The number of para-hydroxylation sites is 2. The van der Waals surface area contributed by atoms with Crippen LogP contribution in [0.3, 0.4) is 0 Å². The molecule has 6 aromatic rings. The van der Waals surface area contributed by atoms with Gasteiger partial charge in [-0.1, -0.05) is 60.7 Å². The van der Waals surface area contributed by atoms with Crippen molar-refractivity contribution < 1.29 is 13.6 Å². The first-order valence-corrected chi connectivity index (χ1v) is 14.6. The number of allylic oxidation sites excluding steroid dienone is 1. The average Bonchev–Trinajstić information content (AvgIpc) is 3.54. The second-order valence-corrected chi connectivity index (χ2v) is 11.3. The van der Waals surface area contributed by atoms with Crippen molar-refractivity contribution in [1.82, 2.24) is 9.13 Å². The number of ketones is 1. The maximum Gasteiger partial charge on any atom is 0.152 e. The molecule has 5 heteroatoms. The number of hydrogen-bond acceptors (Lipinski definition) is 1. The number of aromatic nitrogens is 2. The molecule has 0 aliphatic heterocycles. The number of rotatable bonds is 6. The highest BCUT2D eigenvalue weighted by molar-refractivity contribution is 6.02. The van der Waals surface area contributed by atoms with Gasteiger partial charge in [0.15, 0.2) is 5.78 Å². The lowest BCUT2D eigenvalue weighted by Gasteiger charge is -2.13. The van der Waals surface area contributed by atoms with E-state index in [0.717, 1.165) is 38.9 Å². The predicted molar refractivity (Wildman–Crippen MR) is 175 cm³/mol. The molecule has 0 amide bonds. The van der Waals surface area contributed by atoms with Gasteiger partial charge in [0.05, 0.1) is 5.69 Å². The van der Waals surface area contributed by atoms with Gasteiger partial charge in [0.1, 0.15) is 11.6 Å². The molecule has 6 rings (SSSR count). The highest BCUT2D eigenvalue weighted by Crippen LogP contribution is 2.38. The molecule has 0 saturated carbocycles. The van der Waals surface area contributed by atoms with Crippen molar-refractivity contribution in [3.63, 3.8) is 0 Å². The molecule has 2 heterocycles. The topological polar surface area (TPSA) is 26.9 Å². The summed E-state index contributed by atoms with van der Waals surface area (Å²) in [5.41, 5.74) is 7.47. The van der Waals surface area contributed by atoms with Crippen LogP contribution in [-0.2, 0) is 4.79 Å². The van der Waals surface area contributed by atoms with Crippen LogP contribution in [0.4, 0.5) is 8.78 Å².